The van der Waals surface area contributed by atoms with Crippen molar-refractivity contribution in [1.82, 2.24) is 9.80 Å². The van der Waals surface area contributed by atoms with E-state index in [1.165, 1.54) is 9.80 Å². The molecule has 1 aromatic heterocycles. The van der Waals surface area contributed by atoms with Gasteiger partial charge in [0.25, 0.3) is 16.8 Å². The van der Waals surface area contributed by atoms with Crippen molar-refractivity contribution in [2.45, 2.75) is 40.3 Å². The number of hydrogen-bond donors (Lipinski definition) is 2. The maximum absolute atomic E-state index is 13.2. The number of anilines is 3. The molecular weight excluding hydrogens is 484 g/mol. The molecule has 2 amide bonds. The molecule has 1 atom stereocenters. The minimum Gasteiger partial charge on any atom is -0.464 e. The summed E-state index contributed by atoms with van der Waals surface area (Å²) < 4.78 is 5.81. The molecule has 1 aliphatic heterocycles. The molecule has 2 N–H and O–H groups in total. The molecule has 2 aromatic carbocycles. The van der Waals surface area contributed by atoms with Gasteiger partial charge in [0.15, 0.2) is 0 Å². The van der Waals surface area contributed by atoms with Crippen LogP contribution in [0.1, 0.15) is 54.3 Å². The number of furan rings is 1. The van der Waals surface area contributed by atoms with Crippen LogP contribution in [0.15, 0.2) is 38.3 Å². The monoisotopic (exact) mass is 512 g/mol. The van der Waals surface area contributed by atoms with E-state index in [0.29, 0.717) is 22.0 Å². The summed E-state index contributed by atoms with van der Waals surface area (Å²) >= 11 is 6.37. The van der Waals surface area contributed by atoms with E-state index < -0.39 is 10.9 Å². The lowest BCUT2D eigenvalue weighted by atomic mass is 9.85. The molecule has 0 bridgehead atoms. The zero-order chi connectivity index (χ0) is 26.5. The molecule has 0 fully saturated rings. The number of amides is 2. The third kappa shape index (κ3) is 4.51. The standard InChI is InChI=1S/C26H29ClN4O5/c1-13-7-10-17(36-13)24(26(2,3)4)29-21-20(22(33)23(21)34)28-16-9-8-15(27)14-11-31(25(35)19(14)16)12-18(32)30(5)6/h7-10,24,28-29H,11-12H2,1-6H3/t24-/m0/s1. The number of carbonyl (C=O) groups excluding carboxylic acids is 2. The smallest absolute Gasteiger partial charge is 0.257 e. The van der Waals surface area contributed by atoms with Crippen molar-refractivity contribution in [2.75, 3.05) is 31.3 Å². The Bertz CT molecular complexity index is 1430. The van der Waals surface area contributed by atoms with Gasteiger partial charge in [-0.25, -0.2) is 0 Å². The Labute approximate surface area is 213 Å². The molecule has 0 aliphatic carbocycles. The molecule has 0 radical (unpaired) electrons. The fraction of sp³-hybridized carbons (Fsp3) is 0.385. The first-order valence-corrected chi connectivity index (χ1v) is 11.9. The molecular formula is C26H29ClN4O5. The van der Waals surface area contributed by atoms with Crippen molar-refractivity contribution in [2.24, 2.45) is 5.41 Å². The number of carbonyl (C=O) groups is 2. The van der Waals surface area contributed by atoms with Crippen LogP contribution in [0.3, 0.4) is 0 Å². The molecule has 10 heteroatoms. The Hall–Kier alpha value is -3.59. The SMILES string of the molecule is Cc1ccc([C@H](Nc2c(Nc3ccc(Cl)c4c3C(=O)N(CC(=O)N(C)C)C4)c(=O)c2=O)C(C)(C)C)o1. The number of nitrogens with one attached hydrogen (secondary N) is 2. The first-order chi connectivity index (χ1) is 16.8. The molecule has 0 saturated carbocycles. The third-order valence-corrected chi connectivity index (χ3v) is 6.66. The van der Waals surface area contributed by atoms with Crippen LogP contribution in [0.25, 0.3) is 0 Å². The predicted molar refractivity (Wildman–Crippen MR) is 139 cm³/mol. The van der Waals surface area contributed by atoms with Crippen LogP contribution in [0.4, 0.5) is 17.1 Å². The van der Waals surface area contributed by atoms with Gasteiger partial charge in [-0.1, -0.05) is 32.4 Å². The number of benzene rings is 1. The van der Waals surface area contributed by atoms with Crippen molar-refractivity contribution in [3.05, 3.63) is 72.4 Å². The Balaban J connectivity index is 1.66. The molecule has 3 aromatic rings. The number of aryl methyl sites for hydroxylation is 1. The average molecular weight is 513 g/mol. The molecule has 4 rings (SSSR count). The van der Waals surface area contributed by atoms with E-state index in [-0.39, 0.29) is 53.3 Å². The number of hydrogen-bond acceptors (Lipinski definition) is 7. The summed E-state index contributed by atoms with van der Waals surface area (Å²) in [4.78, 5) is 53.4. The second kappa shape index (κ2) is 9.13. The molecule has 9 nitrogen and oxygen atoms in total. The summed E-state index contributed by atoms with van der Waals surface area (Å²) in [7, 11) is 3.23. The number of halogens is 1. The van der Waals surface area contributed by atoms with Crippen molar-refractivity contribution < 1.29 is 14.0 Å². The molecule has 2 heterocycles. The maximum Gasteiger partial charge on any atom is 0.257 e. The average Bonchev–Trinajstić information content (AvgIpc) is 3.37. The van der Waals surface area contributed by atoms with E-state index in [1.54, 1.807) is 26.2 Å². The van der Waals surface area contributed by atoms with E-state index in [9.17, 15) is 19.2 Å². The summed E-state index contributed by atoms with van der Waals surface area (Å²) in [6, 6.07) is 6.50. The van der Waals surface area contributed by atoms with E-state index in [0.717, 1.165) is 5.76 Å². The van der Waals surface area contributed by atoms with Gasteiger partial charge in [-0.2, -0.15) is 0 Å². The van der Waals surface area contributed by atoms with Crippen LogP contribution in [-0.4, -0.2) is 42.3 Å². The molecule has 36 heavy (non-hydrogen) atoms. The molecule has 0 saturated heterocycles. The Kier molecular flexibility index (Phi) is 6.47. The number of fused-ring (bicyclic) bond motifs is 1. The number of rotatable bonds is 7. The maximum atomic E-state index is 13.2. The Morgan fingerprint density at radius 3 is 2.36 bits per heavy atom. The lowest BCUT2D eigenvalue weighted by Crippen LogP contribution is -2.39. The minimum absolute atomic E-state index is 0.0673. The summed E-state index contributed by atoms with van der Waals surface area (Å²) in [6.07, 6.45) is 0. The Morgan fingerprint density at radius 1 is 1.11 bits per heavy atom. The minimum atomic E-state index is -0.686. The van der Waals surface area contributed by atoms with Crippen molar-refractivity contribution in [1.29, 1.82) is 0 Å². The van der Waals surface area contributed by atoms with Crippen LogP contribution < -0.4 is 21.5 Å². The van der Waals surface area contributed by atoms with Crippen molar-refractivity contribution in [3.8, 4) is 0 Å². The van der Waals surface area contributed by atoms with Crippen LogP contribution >= 0.6 is 11.6 Å². The highest BCUT2D eigenvalue weighted by Crippen LogP contribution is 2.39. The molecule has 0 spiro atoms. The van der Waals surface area contributed by atoms with Gasteiger partial charge in [0.1, 0.15) is 29.4 Å². The van der Waals surface area contributed by atoms with Crippen LogP contribution in [0.5, 0.6) is 0 Å². The van der Waals surface area contributed by atoms with E-state index in [1.807, 2.05) is 39.8 Å². The quantitative estimate of drug-likeness (QED) is 0.463. The van der Waals surface area contributed by atoms with Crippen molar-refractivity contribution in [3.63, 3.8) is 0 Å². The van der Waals surface area contributed by atoms with Gasteiger partial charge in [-0.05, 0) is 36.6 Å². The van der Waals surface area contributed by atoms with Gasteiger partial charge in [-0.3, -0.25) is 19.2 Å². The number of likely N-dealkylation sites (N-methyl/N-ethyl adjacent to an activating group) is 1. The van der Waals surface area contributed by atoms with Crippen LogP contribution in [0.2, 0.25) is 5.02 Å². The topological polar surface area (TPSA) is 112 Å². The second-order valence-corrected chi connectivity index (χ2v) is 10.7. The van der Waals surface area contributed by atoms with E-state index in [2.05, 4.69) is 10.6 Å². The van der Waals surface area contributed by atoms with Gasteiger partial charge < -0.3 is 24.9 Å². The van der Waals surface area contributed by atoms with E-state index >= 15 is 0 Å². The number of nitrogens with zero attached hydrogens (tertiary/aromatic N) is 2. The van der Waals surface area contributed by atoms with Gasteiger partial charge in [0.2, 0.25) is 5.91 Å². The van der Waals surface area contributed by atoms with Crippen LogP contribution in [0, 0.1) is 12.3 Å². The highest BCUT2D eigenvalue weighted by molar-refractivity contribution is 6.32. The molecule has 0 unspecified atom stereocenters. The second-order valence-electron chi connectivity index (χ2n) is 10.3. The zero-order valence-electron chi connectivity index (χ0n) is 21.1. The lowest BCUT2D eigenvalue weighted by molar-refractivity contribution is -0.129. The summed E-state index contributed by atoms with van der Waals surface area (Å²) in [5, 5.41) is 6.57. The predicted octanol–water partition coefficient (Wildman–Crippen LogP) is 3.82. The fourth-order valence-corrected chi connectivity index (χ4v) is 4.45. The third-order valence-electron chi connectivity index (χ3n) is 6.30. The normalized spacial score (nSPS) is 14.2. The summed E-state index contributed by atoms with van der Waals surface area (Å²) in [6.45, 7) is 7.89. The molecule has 1 aliphatic rings. The summed E-state index contributed by atoms with van der Waals surface area (Å²) in [5.41, 5.74) is -0.305. The highest BCUT2D eigenvalue weighted by atomic mass is 35.5. The molecule has 190 valence electrons. The van der Waals surface area contributed by atoms with Gasteiger partial charge in [0.05, 0.1) is 17.3 Å². The van der Waals surface area contributed by atoms with Crippen molar-refractivity contribution >= 4 is 40.5 Å². The van der Waals surface area contributed by atoms with Gasteiger partial charge in [-0.15, -0.1) is 0 Å². The van der Waals surface area contributed by atoms with Crippen LogP contribution in [-0.2, 0) is 11.3 Å². The summed E-state index contributed by atoms with van der Waals surface area (Å²) in [5.74, 6) is 0.772. The highest BCUT2D eigenvalue weighted by Gasteiger charge is 2.36. The zero-order valence-corrected chi connectivity index (χ0v) is 21.9. The first kappa shape index (κ1) is 25.5. The van der Waals surface area contributed by atoms with Gasteiger partial charge >= 0.3 is 0 Å². The van der Waals surface area contributed by atoms with Gasteiger partial charge in [0, 0.05) is 31.2 Å². The fourth-order valence-electron chi connectivity index (χ4n) is 4.23. The van der Waals surface area contributed by atoms with E-state index in [4.69, 9.17) is 16.0 Å². The lowest BCUT2D eigenvalue weighted by Gasteiger charge is -2.31. The Morgan fingerprint density at radius 2 is 1.78 bits per heavy atom. The largest absolute Gasteiger partial charge is 0.464 e. The first-order valence-electron chi connectivity index (χ1n) is 11.5.